The van der Waals surface area contributed by atoms with Crippen molar-refractivity contribution in [3.8, 4) is 0 Å². The van der Waals surface area contributed by atoms with Crippen LogP contribution in [0, 0.1) is 5.41 Å². The second-order valence-electron chi connectivity index (χ2n) is 6.73. The fourth-order valence-electron chi connectivity index (χ4n) is 2.23. The fraction of sp³-hybridized carbons (Fsp3) is 0.500. The van der Waals surface area contributed by atoms with Crippen LogP contribution in [0.5, 0.6) is 0 Å². The number of nitrogens with zero attached hydrogens (tertiary/aromatic N) is 1. The molecule has 19 heavy (non-hydrogen) atoms. The Bertz CT molecular complexity index is 587. The van der Waals surface area contributed by atoms with Crippen LogP contribution >= 0.6 is 0 Å². The van der Waals surface area contributed by atoms with Gasteiger partial charge in [-0.3, -0.25) is 4.79 Å². The van der Waals surface area contributed by atoms with Crippen molar-refractivity contribution in [2.24, 2.45) is 9.78 Å². The Morgan fingerprint density at radius 1 is 1.21 bits per heavy atom. The summed E-state index contributed by atoms with van der Waals surface area (Å²) in [5.74, 6) is 0.143. The maximum atomic E-state index is 12.6. The molecule has 102 valence electrons. The van der Waals surface area contributed by atoms with E-state index in [4.69, 9.17) is 0 Å². The van der Waals surface area contributed by atoms with Crippen molar-refractivity contribution in [3.05, 3.63) is 35.4 Å². The summed E-state index contributed by atoms with van der Waals surface area (Å²) >= 11 is 1.38. The summed E-state index contributed by atoms with van der Waals surface area (Å²) in [6, 6.07) is 7.90. The van der Waals surface area contributed by atoms with E-state index in [2.05, 4.69) is 45.0 Å². The molecule has 0 aromatic heterocycles. The molecule has 2 nitrogen and oxygen atoms in total. The molecule has 1 aliphatic rings. The molecule has 0 bridgehead atoms. The molecule has 0 radical (unpaired) electrons. The SMILES string of the molecule is CC(C)(C)N=S=C1C(=O)c2ccccc2CC1(C)C. The molecule has 1 aromatic rings. The Balaban J connectivity index is 2.58. The zero-order chi connectivity index (χ0) is 14.3. The van der Waals surface area contributed by atoms with E-state index in [1.807, 2.05) is 18.2 Å². The van der Waals surface area contributed by atoms with Crippen LogP contribution in [-0.4, -0.2) is 16.2 Å². The number of carbonyl (C=O) groups excluding carboxylic acids is 1. The highest BCUT2D eigenvalue weighted by Crippen LogP contribution is 2.32. The summed E-state index contributed by atoms with van der Waals surface area (Å²) in [4.78, 5) is 13.5. The van der Waals surface area contributed by atoms with Gasteiger partial charge in [0.25, 0.3) is 0 Å². The van der Waals surface area contributed by atoms with Gasteiger partial charge in [0, 0.05) is 11.0 Å². The van der Waals surface area contributed by atoms with E-state index in [-0.39, 0.29) is 16.7 Å². The summed E-state index contributed by atoms with van der Waals surface area (Å²) in [6.45, 7) is 10.4. The lowest BCUT2D eigenvalue weighted by Crippen LogP contribution is -2.38. The van der Waals surface area contributed by atoms with Crippen molar-refractivity contribution in [1.29, 1.82) is 0 Å². The van der Waals surface area contributed by atoms with Gasteiger partial charge in [-0.2, -0.15) is 0 Å². The smallest absolute Gasteiger partial charge is 0.201 e. The van der Waals surface area contributed by atoms with Crippen LogP contribution in [0.25, 0.3) is 0 Å². The normalized spacial score (nSPS) is 17.9. The maximum Gasteiger partial charge on any atom is 0.201 e. The molecular formula is C16H21NOS. The minimum absolute atomic E-state index is 0.134. The van der Waals surface area contributed by atoms with E-state index in [1.54, 1.807) is 0 Å². The summed E-state index contributed by atoms with van der Waals surface area (Å²) in [5, 5.41) is 0. The summed E-state index contributed by atoms with van der Waals surface area (Å²) in [5.41, 5.74) is 1.72. The zero-order valence-corrected chi connectivity index (χ0v) is 13.1. The molecule has 1 aliphatic carbocycles. The van der Waals surface area contributed by atoms with Crippen LogP contribution in [-0.2, 0) is 17.6 Å². The minimum atomic E-state index is -0.134. The van der Waals surface area contributed by atoms with Crippen molar-refractivity contribution in [2.45, 2.75) is 46.6 Å². The van der Waals surface area contributed by atoms with Crippen molar-refractivity contribution in [3.63, 3.8) is 0 Å². The molecule has 0 saturated carbocycles. The van der Waals surface area contributed by atoms with Crippen molar-refractivity contribution in [2.75, 3.05) is 0 Å². The molecule has 0 N–H and O–H groups in total. The lowest BCUT2D eigenvalue weighted by Gasteiger charge is -2.31. The monoisotopic (exact) mass is 275 g/mol. The van der Waals surface area contributed by atoms with Gasteiger partial charge in [0.05, 0.1) is 10.4 Å². The van der Waals surface area contributed by atoms with Crippen LogP contribution in [0.3, 0.4) is 0 Å². The molecular weight excluding hydrogens is 254 g/mol. The van der Waals surface area contributed by atoms with Crippen LogP contribution in [0.4, 0.5) is 0 Å². The average molecular weight is 275 g/mol. The zero-order valence-electron chi connectivity index (χ0n) is 12.3. The van der Waals surface area contributed by atoms with Gasteiger partial charge >= 0.3 is 0 Å². The molecule has 1 aromatic carbocycles. The number of rotatable bonds is 0. The molecule has 2 rings (SSSR count). The largest absolute Gasteiger partial charge is 0.288 e. The van der Waals surface area contributed by atoms with Crippen LogP contribution in [0.1, 0.15) is 50.5 Å². The highest BCUT2D eigenvalue weighted by molar-refractivity contribution is 7.71. The average Bonchev–Trinajstić information content (AvgIpc) is 2.26. The molecule has 0 unspecified atom stereocenters. The third-order valence-corrected chi connectivity index (χ3v) is 4.69. The van der Waals surface area contributed by atoms with Gasteiger partial charge in [-0.1, -0.05) is 38.1 Å². The van der Waals surface area contributed by atoms with E-state index in [0.717, 1.165) is 22.4 Å². The molecule has 0 heterocycles. The molecule has 0 fully saturated rings. The number of fused-ring (bicyclic) bond motifs is 1. The van der Waals surface area contributed by atoms with E-state index < -0.39 is 0 Å². The summed E-state index contributed by atoms with van der Waals surface area (Å²) < 4.78 is 4.56. The van der Waals surface area contributed by atoms with Gasteiger partial charge in [0.1, 0.15) is 0 Å². The number of ketones is 1. The first kappa shape index (κ1) is 14.2. The quantitative estimate of drug-likeness (QED) is 0.664. The molecule has 0 amide bonds. The Hall–Kier alpha value is -1.22. The van der Waals surface area contributed by atoms with Crippen molar-refractivity contribution >= 4 is 21.8 Å². The maximum absolute atomic E-state index is 12.6. The third-order valence-electron chi connectivity index (χ3n) is 3.13. The highest BCUT2D eigenvalue weighted by atomic mass is 32.1. The predicted molar refractivity (Wildman–Crippen MR) is 82.8 cm³/mol. The molecule has 0 aliphatic heterocycles. The third kappa shape index (κ3) is 3.03. The van der Waals surface area contributed by atoms with Crippen molar-refractivity contribution in [1.82, 2.24) is 0 Å². The van der Waals surface area contributed by atoms with Crippen LogP contribution < -0.4 is 0 Å². The lowest BCUT2D eigenvalue weighted by atomic mass is 9.73. The standard InChI is InChI=1S/C16H21NOS/c1-15(2,3)17-19-14-13(18)12-9-7-6-8-11(12)10-16(14,4)5/h6-9H,10H2,1-5H3. The Kier molecular flexibility index (Phi) is 3.52. The molecule has 0 spiro atoms. The van der Waals surface area contributed by atoms with Gasteiger partial charge < -0.3 is 0 Å². The number of benzene rings is 1. The van der Waals surface area contributed by atoms with E-state index in [1.165, 1.54) is 11.1 Å². The first-order valence-corrected chi connectivity index (χ1v) is 7.37. The number of carbonyl (C=O) groups is 1. The first-order chi connectivity index (χ1) is 8.71. The highest BCUT2D eigenvalue weighted by Gasteiger charge is 2.36. The van der Waals surface area contributed by atoms with E-state index in [0.29, 0.717) is 0 Å². The van der Waals surface area contributed by atoms with Gasteiger partial charge in [-0.05, 0) is 43.9 Å². The number of Topliss-reactive ketones (excluding diaryl/α,β-unsaturated/α-hetero) is 1. The predicted octanol–water partition coefficient (Wildman–Crippen LogP) is 3.69. The topological polar surface area (TPSA) is 29.4 Å². The first-order valence-electron chi connectivity index (χ1n) is 6.60. The Labute approximate surface area is 118 Å². The second kappa shape index (κ2) is 4.71. The fourth-order valence-corrected chi connectivity index (χ4v) is 3.11. The van der Waals surface area contributed by atoms with Crippen molar-refractivity contribution < 1.29 is 4.79 Å². The number of hydrogen-bond donors (Lipinski definition) is 0. The molecule has 3 heteroatoms. The Morgan fingerprint density at radius 2 is 1.84 bits per heavy atom. The molecule has 0 saturated heterocycles. The van der Waals surface area contributed by atoms with Gasteiger partial charge in [0.15, 0.2) is 0 Å². The summed E-state index contributed by atoms with van der Waals surface area (Å²) in [7, 11) is 0. The summed E-state index contributed by atoms with van der Waals surface area (Å²) in [6.07, 6.45) is 0.900. The minimum Gasteiger partial charge on any atom is -0.288 e. The van der Waals surface area contributed by atoms with Crippen LogP contribution in [0.2, 0.25) is 0 Å². The van der Waals surface area contributed by atoms with E-state index >= 15 is 0 Å². The van der Waals surface area contributed by atoms with E-state index in [9.17, 15) is 4.79 Å². The van der Waals surface area contributed by atoms with Crippen LogP contribution in [0.15, 0.2) is 28.6 Å². The second-order valence-corrected chi connectivity index (χ2v) is 7.50. The van der Waals surface area contributed by atoms with Gasteiger partial charge in [-0.25, -0.2) is 4.36 Å². The lowest BCUT2D eigenvalue weighted by molar-refractivity contribution is 0.105. The molecule has 0 atom stereocenters. The van der Waals surface area contributed by atoms with Gasteiger partial charge in [-0.15, -0.1) is 0 Å². The van der Waals surface area contributed by atoms with Gasteiger partial charge in [0.2, 0.25) is 5.78 Å². The number of hydrogen-bond acceptors (Lipinski definition) is 2. The Morgan fingerprint density at radius 3 is 2.47 bits per heavy atom.